The van der Waals surface area contributed by atoms with Crippen LogP contribution < -0.4 is 10.6 Å². The highest BCUT2D eigenvalue weighted by atomic mass is 19.1. The van der Waals surface area contributed by atoms with Crippen LogP contribution in [-0.2, 0) is 4.79 Å². The lowest BCUT2D eigenvalue weighted by Gasteiger charge is -2.36. The van der Waals surface area contributed by atoms with Crippen molar-refractivity contribution in [2.45, 2.75) is 64.3 Å². The van der Waals surface area contributed by atoms with E-state index >= 15 is 0 Å². The molecular formula is C22H28FN3O2. The molecule has 6 heteroatoms. The maximum Gasteiger partial charge on any atom is 0.252 e. The molecule has 1 saturated carbocycles. The van der Waals surface area contributed by atoms with Gasteiger partial charge in [-0.1, -0.05) is 32.6 Å². The summed E-state index contributed by atoms with van der Waals surface area (Å²) in [6.07, 6.45) is 6.05. The molecule has 1 aromatic carbocycles. The van der Waals surface area contributed by atoms with E-state index in [1.165, 1.54) is 12.1 Å². The highest BCUT2D eigenvalue weighted by Crippen LogP contribution is 2.30. The fraction of sp³-hybridized carbons (Fsp3) is 0.500. The monoisotopic (exact) mass is 385 g/mol. The zero-order chi connectivity index (χ0) is 20.1. The lowest BCUT2D eigenvalue weighted by atomic mass is 9.80. The van der Waals surface area contributed by atoms with E-state index in [0.29, 0.717) is 41.5 Å². The third-order valence-electron chi connectivity index (χ3n) is 5.46. The molecule has 0 saturated heterocycles. The summed E-state index contributed by atoms with van der Waals surface area (Å²) in [6.45, 7) is 4.46. The van der Waals surface area contributed by atoms with Crippen LogP contribution in [0.1, 0.15) is 67.9 Å². The zero-order valence-corrected chi connectivity index (χ0v) is 16.6. The van der Waals surface area contributed by atoms with E-state index in [1.54, 1.807) is 19.1 Å². The summed E-state index contributed by atoms with van der Waals surface area (Å²) >= 11 is 0. The number of aryl methyl sites for hydroxylation is 1. The van der Waals surface area contributed by atoms with Crippen molar-refractivity contribution in [1.29, 1.82) is 0 Å². The number of amides is 2. The summed E-state index contributed by atoms with van der Waals surface area (Å²) < 4.78 is 13.6. The molecular weight excluding hydrogens is 357 g/mol. The summed E-state index contributed by atoms with van der Waals surface area (Å²) in [5, 5.41) is 6.61. The maximum atomic E-state index is 13.6. The van der Waals surface area contributed by atoms with Crippen LogP contribution in [0.25, 0.3) is 10.9 Å². The molecule has 2 aromatic rings. The number of pyridine rings is 1. The summed E-state index contributed by atoms with van der Waals surface area (Å²) in [7, 11) is 0. The lowest BCUT2D eigenvalue weighted by molar-refractivity contribution is -0.128. The Morgan fingerprint density at radius 1 is 1.18 bits per heavy atom. The van der Waals surface area contributed by atoms with Crippen molar-refractivity contribution in [3.05, 3.63) is 41.3 Å². The molecule has 1 aliphatic carbocycles. The fourth-order valence-electron chi connectivity index (χ4n) is 3.92. The number of hydrogen-bond acceptors (Lipinski definition) is 3. The van der Waals surface area contributed by atoms with Crippen molar-refractivity contribution in [3.63, 3.8) is 0 Å². The minimum atomic E-state index is -0.882. The first-order chi connectivity index (χ1) is 13.4. The third kappa shape index (κ3) is 4.32. The van der Waals surface area contributed by atoms with Crippen molar-refractivity contribution < 1.29 is 14.0 Å². The Morgan fingerprint density at radius 3 is 2.64 bits per heavy atom. The number of aromatic nitrogens is 1. The van der Waals surface area contributed by atoms with Gasteiger partial charge in [0.1, 0.15) is 11.4 Å². The first-order valence-corrected chi connectivity index (χ1v) is 10.1. The quantitative estimate of drug-likeness (QED) is 0.738. The van der Waals surface area contributed by atoms with E-state index in [1.807, 2.05) is 0 Å². The Balaban J connectivity index is 1.90. The van der Waals surface area contributed by atoms with Gasteiger partial charge < -0.3 is 10.6 Å². The highest BCUT2D eigenvalue weighted by Gasteiger charge is 2.41. The number of hydrogen-bond donors (Lipinski definition) is 2. The van der Waals surface area contributed by atoms with E-state index in [9.17, 15) is 14.0 Å². The predicted octanol–water partition coefficient (Wildman–Crippen LogP) is 4.03. The molecule has 3 rings (SSSR count). The van der Waals surface area contributed by atoms with E-state index in [0.717, 1.165) is 32.1 Å². The second-order valence-corrected chi connectivity index (χ2v) is 7.68. The Hall–Kier alpha value is -2.50. The number of nitrogens with one attached hydrogen (secondary N) is 2. The average molecular weight is 385 g/mol. The summed E-state index contributed by atoms with van der Waals surface area (Å²) in [6, 6.07) is 5.92. The van der Waals surface area contributed by atoms with Crippen LogP contribution in [0.15, 0.2) is 24.3 Å². The fourth-order valence-corrected chi connectivity index (χ4v) is 3.92. The Morgan fingerprint density at radius 2 is 1.93 bits per heavy atom. The van der Waals surface area contributed by atoms with Crippen molar-refractivity contribution in [2.75, 3.05) is 6.54 Å². The molecule has 1 aliphatic rings. The molecule has 1 aromatic heterocycles. The number of carbonyl (C=O) groups is 2. The molecule has 1 heterocycles. The van der Waals surface area contributed by atoms with Gasteiger partial charge in [0, 0.05) is 23.7 Å². The zero-order valence-electron chi connectivity index (χ0n) is 16.6. The van der Waals surface area contributed by atoms with Crippen molar-refractivity contribution in [1.82, 2.24) is 15.6 Å². The summed E-state index contributed by atoms with van der Waals surface area (Å²) in [5.41, 5.74) is 0.615. The van der Waals surface area contributed by atoms with Gasteiger partial charge in [-0.3, -0.25) is 14.6 Å². The second-order valence-electron chi connectivity index (χ2n) is 7.68. The molecule has 2 N–H and O–H groups in total. The van der Waals surface area contributed by atoms with E-state index in [-0.39, 0.29) is 11.8 Å². The van der Waals surface area contributed by atoms with Gasteiger partial charge in [0.05, 0.1) is 11.1 Å². The van der Waals surface area contributed by atoms with Crippen LogP contribution in [0.4, 0.5) is 4.39 Å². The van der Waals surface area contributed by atoms with Crippen molar-refractivity contribution >= 4 is 22.7 Å². The number of carbonyl (C=O) groups excluding carboxylic acids is 2. The maximum absolute atomic E-state index is 13.6. The highest BCUT2D eigenvalue weighted by molar-refractivity contribution is 6.08. The molecule has 0 radical (unpaired) electrons. The van der Waals surface area contributed by atoms with Crippen molar-refractivity contribution in [2.24, 2.45) is 0 Å². The van der Waals surface area contributed by atoms with Gasteiger partial charge >= 0.3 is 0 Å². The van der Waals surface area contributed by atoms with Crippen LogP contribution in [0.2, 0.25) is 0 Å². The Labute approximate surface area is 165 Å². The van der Waals surface area contributed by atoms with Gasteiger partial charge in [-0.25, -0.2) is 4.39 Å². The SMILES string of the molecule is CCCCNC(=O)C1(NC(=O)c2cc(C)nc3cc(F)ccc23)CCCCC1. The molecule has 0 aliphatic heterocycles. The Kier molecular flexibility index (Phi) is 6.27. The smallest absolute Gasteiger partial charge is 0.252 e. The number of halogens is 1. The van der Waals surface area contributed by atoms with E-state index in [4.69, 9.17) is 0 Å². The predicted molar refractivity (Wildman–Crippen MR) is 108 cm³/mol. The summed E-state index contributed by atoms with van der Waals surface area (Å²) in [4.78, 5) is 30.5. The number of rotatable bonds is 6. The molecule has 0 spiro atoms. The number of fused-ring (bicyclic) bond motifs is 1. The third-order valence-corrected chi connectivity index (χ3v) is 5.46. The first kappa shape index (κ1) is 20.2. The Bertz CT molecular complexity index is 870. The largest absolute Gasteiger partial charge is 0.354 e. The topological polar surface area (TPSA) is 71.1 Å². The van der Waals surface area contributed by atoms with Crippen LogP contribution in [0.5, 0.6) is 0 Å². The number of benzene rings is 1. The lowest BCUT2D eigenvalue weighted by Crippen LogP contribution is -2.59. The van der Waals surface area contributed by atoms with Gasteiger partial charge in [-0.05, 0) is 44.4 Å². The number of nitrogens with zero attached hydrogens (tertiary/aromatic N) is 1. The van der Waals surface area contributed by atoms with Gasteiger partial charge in [-0.15, -0.1) is 0 Å². The molecule has 0 bridgehead atoms. The number of unbranched alkanes of at least 4 members (excludes halogenated alkanes) is 1. The first-order valence-electron chi connectivity index (χ1n) is 10.1. The minimum Gasteiger partial charge on any atom is -0.354 e. The van der Waals surface area contributed by atoms with Crippen LogP contribution in [-0.4, -0.2) is 28.9 Å². The molecule has 5 nitrogen and oxygen atoms in total. The van der Waals surface area contributed by atoms with E-state index < -0.39 is 11.4 Å². The molecule has 28 heavy (non-hydrogen) atoms. The van der Waals surface area contributed by atoms with Crippen LogP contribution in [0, 0.1) is 12.7 Å². The van der Waals surface area contributed by atoms with Crippen LogP contribution in [0.3, 0.4) is 0 Å². The van der Waals surface area contributed by atoms with Gasteiger partial charge in [0.15, 0.2) is 0 Å². The van der Waals surface area contributed by atoms with Gasteiger partial charge in [0.2, 0.25) is 5.91 Å². The van der Waals surface area contributed by atoms with Crippen LogP contribution >= 0.6 is 0 Å². The molecule has 1 fully saturated rings. The second kappa shape index (κ2) is 8.67. The average Bonchev–Trinajstić information content (AvgIpc) is 2.67. The minimum absolute atomic E-state index is 0.102. The molecule has 0 unspecified atom stereocenters. The van der Waals surface area contributed by atoms with Gasteiger partial charge in [0.25, 0.3) is 5.91 Å². The van der Waals surface area contributed by atoms with E-state index in [2.05, 4.69) is 22.5 Å². The van der Waals surface area contributed by atoms with Gasteiger partial charge in [-0.2, -0.15) is 0 Å². The molecule has 0 atom stereocenters. The van der Waals surface area contributed by atoms with Crippen molar-refractivity contribution in [3.8, 4) is 0 Å². The standard InChI is InChI=1S/C22H28FN3O2/c1-3-4-12-24-21(28)22(10-6-5-7-11-22)26-20(27)18-13-15(2)25-19-14-16(23)8-9-17(18)19/h8-9,13-14H,3-7,10-12H2,1-2H3,(H,24,28)(H,26,27). The molecule has 150 valence electrons. The molecule has 2 amide bonds. The normalized spacial score (nSPS) is 16.0. The summed E-state index contributed by atoms with van der Waals surface area (Å²) in [5.74, 6) is -0.805.